The first-order valence-electron chi connectivity index (χ1n) is 7.03. The van der Waals surface area contributed by atoms with Crippen molar-refractivity contribution in [3.8, 4) is 0 Å². The van der Waals surface area contributed by atoms with Gasteiger partial charge in [-0.2, -0.15) is 13.2 Å². The van der Waals surface area contributed by atoms with E-state index in [9.17, 15) is 13.2 Å². The van der Waals surface area contributed by atoms with Crippen LogP contribution < -0.4 is 5.32 Å². The number of nitrogens with one attached hydrogen (secondary N) is 1. The third-order valence-corrected chi connectivity index (χ3v) is 3.62. The molecule has 0 heterocycles. The van der Waals surface area contributed by atoms with Crippen LogP contribution in [-0.2, 0) is 10.9 Å². The van der Waals surface area contributed by atoms with E-state index in [2.05, 4.69) is 5.32 Å². The molecule has 21 heavy (non-hydrogen) atoms. The molecule has 2 nitrogen and oxygen atoms in total. The van der Waals surface area contributed by atoms with Gasteiger partial charge in [-0.25, -0.2) is 0 Å². The summed E-state index contributed by atoms with van der Waals surface area (Å²) in [5.41, 5.74) is -0.0104. The molecule has 0 saturated heterocycles. The van der Waals surface area contributed by atoms with Gasteiger partial charge < -0.3 is 10.1 Å². The third-order valence-electron chi connectivity index (χ3n) is 3.62. The second-order valence-corrected chi connectivity index (χ2v) is 6.08. The Morgan fingerprint density at radius 2 is 1.62 bits per heavy atom. The van der Waals surface area contributed by atoms with Gasteiger partial charge in [-0.05, 0) is 51.8 Å². The van der Waals surface area contributed by atoms with E-state index in [1.54, 1.807) is 7.11 Å². The zero-order chi connectivity index (χ0) is 16.3. The molecule has 0 aliphatic heterocycles. The smallest absolute Gasteiger partial charge is 0.379 e. The van der Waals surface area contributed by atoms with Crippen molar-refractivity contribution in [3.05, 3.63) is 35.4 Å². The Morgan fingerprint density at radius 3 is 2.05 bits per heavy atom. The summed E-state index contributed by atoms with van der Waals surface area (Å²) < 4.78 is 43.0. The van der Waals surface area contributed by atoms with E-state index < -0.39 is 11.7 Å². The second kappa shape index (κ2) is 6.79. The molecule has 1 N–H and O–H groups in total. The van der Waals surface area contributed by atoms with Gasteiger partial charge in [0.2, 0.25) is 0 Å². The lowest BCUT2D eigenvalue weighted by Crippen LogP contribution is -2.36. The molecule has 120 valence electrons. The van der Waals surface area contributed by atoms with Gasteiger partial charge in [0, 0.05) is 19.2 Å². The molecule has 5 heteroatoms. The summed E-state index contributed by atoms with van der Waals surface area (Å²) in [7, 11) is 1.67. The molecular formula is C16H24F3NO. The minimum atomic E-state index is -4.29. The Morgan fingerprint density at radius 1 is 1.10 bits per heavy atom. The number of hydrogen-bond acceptors (Lipinski definition) is 2. The summed E-state index contributed by atoms with van der Waals surface area (Å²) >= 11 is 0. The molecule has 0 aromatic heterocycles. The minimum absolute atomic E-state index is 0.0186. The molecule has 0 fully saturated rings. The number of benzene rings is 1. The summed E-state index contributed by atoms with van der Waals surface area (Å²) in [6.07, 6.45) is -3.47. The number of alkyl halides is 3. The lowest BCUT2D eigenvalue weighted by atomic mass is 9.98. The molecule has 0 spiro atoms. The Hall–Kier alpha value is -1.07. The summed E-state index contributed by atoms with van der Waals surface area (Å²) in [5.74, 6) is 0. The van der Waals surface area contributed by atoms with Crippen LogP contribution >= 0.6 is 0 Å². The van der Waals surface area contributed by atoms with Crippen LogP contribution in [0.1, 0.15) is 51.3 Å². The van der Waals surface area contributed by atoms with Gasteiger partial charge in [-0.1, -0.05) is 12.1 Å². The van der Waals surface area contributed by atoms with E-state index in [4.69, 9.17) is 4.74 Å². The number of halogens is 3. The van der Waals surface area contributed by atoms with Crippen LogP contribution in [0.3, 0.4) is 0 Å². The summed E-state index contributed by atoms with van der Waals surface area (Å²) in [4.78, 5) is 0. The molecule has 0 amide bonds. The standard InChI is InChI=1S/C16H24F3NO/c1-11(10-15(3,4)21-5)20-12(2)13-6-8-14(9-7-13)16(17,18)19/h6-9,11-12,20H,10H2,1-5H3. The van der Waals surface area contributed by atoms with Gasteiger partial charge in [0.1, 0.15) is 0 Å². The van der Waals surface area contributed by atoms with Gasteiger partial charge in [-0.15, -0.1) is 0 Å². The third kappa shape index (κ3) is 5.67. The fourth-order valence-electron chi connectivity index (χ4n) is 2.36. The van der Waals surface area contributed by atoms with Crippen LogP contribution in [0.5, 0.6) is 0 Å². The lowest BCUT2D eigenvalue weighted by molar-refractivity contribution is -0.137. The van der Waals surface area contributed by atoms with E-state index >= 15 is 0 Å². The van der Waals surface area contributed by atoms with Gasteiger partial charge in [0.15, 0.2) is 0 Å². The van der Waals surface area contributed by atoms with Gasteiger partial charge in [-0.3, -0.25) is 0 Å². The van der Waals surface area contributed by atoms with Crippen molar-refractivity contribution in [3.63, 3.8) is 0 Å². The first-order valence-corrected chi connectivity index (χ1v) is 7.03. The van der Waals surface area contributed by atoms with Crippen LogP contribution in [-0.4, -0.2) is 18.8 Å². The normalized spacial score (nSPS) is 15.8. The topological polar surface area (TPSA) is 21.3 Å². The van der Waals surface area contributed by atoms with Crippen LogP contribution in [0.4, 0.5) is 13.2 Å². The number of ether oxygens (including phenoxy) is 1. The molecule has 1 aromatic carbocycles. The highest BCUT2D eigenvalue weighted by molar-refractivity contribution is 5.26. The fourth-order valence-corrected chi connectivity index (χ4v) is 2.36. The molecule has 0 aliphatic rings. The summed E-state index contributed by atoms with van der Waals surface area (Å²) in [6.45, 7) is 8.00. The molecule has 0 saturated carbocycles. The van der Waals surface area contributed by atoms with Crippen molar-refractivity contribution in [2.24, 2.45) is 0 Å². The van der Waals surface area contributed by atoms with Crippen LogP contribution in [0.2, 0.25) is 0 Å². The van der Waals surface area contributed by atoms with Crippen molar-refractivity contribution < 1.29 is 17.9 Å². The molecule has 0 aliphatic carbocycles. The van der Waals surface area contributed by atoms with E-state index in [-0.39, 0.29) is 17.7 Å². The predicted molar refractivity (Wildman–Crippen MR) is 78.2 cm³/mol. The zero-order valence-corrected chi connectivity index (χ0v) is 13.2. The van der Waals surface area contributed by atoms with Gasteiger partial charge >= 0.3 is 6.18 Å². The predicted octanol–water partition coefficient (Wildman–Crippen LogP) is 4.56. The highest BCUT2D eigenvalue weighted by Gasteiger charge is 2.30. The molecule has 2 atom stereocenters. The summed E-state index contributed by atoms with van der Waals surface area (Å²) in [6, 6.07) is 5.46. The zero-order valence-electron chi connectivity index (χ0n) is 13.2. The van der Waals surface area contributed by atoms with Crippen LogP contribution in [0, 0.1) is 0 Å². The molecule has 0 radical (unpaired) electrons. The Labute approximate surface area is 124 Å². The Kier molecular flexibility index (Phi) is 5.82. The van der Waals surface area contributed by atoms with E-state index in [0.29, 0.717) is 0 Å². The minimum Gasteiger partial charge on any atom is -0.379 e. The average molecular weight is 303 g/mol. The number of hydrogen-bond donors (Lipinski definition) is 1. The maximum atomic E-state index is 12.5. The van der Waals surface area contributed by atoms with Crippen molar-refractivity contribution in [1.82, 2.24) is 5.32 Å². The Balaban J connectivity index is 2.65. The largest absolute Gasteiger partial charge is 0.416 e. The van der Waals surface area contributed by atoms with Gasteiger partial charge in [0.25, 0.3) is 0 Å². The summed E-state index contributed by atoms with van der Waals surface area (Å²) in [5, 5.41) is 3.38. The van der Waals surface area contributed by atoms with E-state index in [0.717, 1.165) is 24.1 Å². The van der Waals surface area contributed by atoms with Crippen LogP contribution in [0.25, 0.3) is 0 Å². The quantitative estimate of drug-likeness (QED) is 0.832. The Bertz CT molecular complexity index is 440. The maximum absolute atomic E-state index is 12.5. The second-order valence-electron chi connectivity index (χ2n) is 6.08. The molecule has 2 unspecified atom stereocenters. The molecular weight excluding hydrogens is 279 g/mol. The first-order chi connectivity index (χ1) is 9.55. The van der Waals surface area contributed by atoms with E-state index in [1.165, 1.54) is 12.1 Å². The number of rotatable bonds is 6. The first kappa shape index (κ1) is 18.0. The molecule has 1 rings (SSSR count). The fraction of sp³-hybridized carbons (Fsp3) is 0.625. The van der Waals surface area contributed by atoms with E-state index in [1.807, 2.05) is 27.7 Å². The lowest BCUT2D eigenvalue weighted by Gasteiger charge is -2.29. The van der Waals surface area contributed by atoms with Crippen molar-refractivity contribution in [2.45, 2.75) is 58.0 Å². The average Bonchev–Trinajstić information content (AvgIpc) is 2.37. The van der Waals surface area contributed by atoms with Crippen molar-refractivity contribution in [1.29, 1.82) is 0 Å². The number of methoxy groups -OCH3 is 1. The molecule has 1 aromatic rings. The highest BCUT2D eigenvalue weighted by Crippen LogP contribution is 2.30. The van der Waals surface area contributed by atoms with Gasteiger partial charge in [0.05, 0.1) is 11.2 Å². The van der Waals surface area contributed by atoms with Crippen molar-refractivity contribution in [2.75, 3.05) is 7.11 Å². The highest BCUT2D eigenvalue weighted by atomic mass is 19.4. The SMILES string of the molecule is COC(C)(C)CC(C)NC(C)c1ccc(C(F)(F)F)cc1. The molecule has 0 bridgehead atoms. The van der Waals surface area contributed by atoms with Crippen molar-refractivity contribution >= 4 is 0 Å². The van der Waals surface area contributed by atoms with Crippen LogP contribution in [0.15, 0.2) is 24.3 Å². The maximum Gasteiger partial charge on any atom is 0.416 e. The monoisotopic (exact) mass is 303 g/mol.